The summed E-state index contributed by atoms with van der Waals surface area (Å²) in [7, 11) is -8.05. The molecule has 0 radical (unpaired) electrons. The number of sulfonamides is 2. The van der Waals surface area contributed by atoms with E-state index in [0.717, 1.165) is 17.7 Å². The van der Waals surface area contributed by atoms with E-state index in [4.69, 9.17) is 0 Å². The normalized spacial score (nSPS) is 14.6. The Balaban J connectivity index is 1.66. The topological polar surface area (TPSA) is 83.6 Å². The van der Waals surface area contributed by atoms with Gasteiger partial charge in [0.05, 0.1) is 26.7 Å². The fourth-order valence-corrected chi connectivity index (χ4v) is 6.21. The van der Waals surface area contributed by atoms with E-state index in [0.29, 0.717) is 30.7 Å². The van der Waals surface area contributed by atoms with Crippen LogP contribution < -0.4 is 9.03 Å². The van der Waals surface area contributed by atoms with Crippen LogP contribution in [-0.4, -0.2) is 23.4 Å². The van der Waals surface area contributed by atoms with Crippen LogP contribution >= 0.6 is 0 Å². The molecule has 0 saturated carbocycles. The minimum Gasteiger partial charge on any atom is -0.280 e. The zero-order valence-corrected chi connectivity index (χ0v) is 18.7. The lowest BCUT2D eigenvalue weighted by molar-refractivity contribution is -0.137. The Kier molecular flexibility index (Phi) is 5.87. The molecule has 0 aromatic heterocycles. The zero-order chi connectivity index (χ0) is 23.9. The predicted molar refractivity (Wildman–Crippen MR) is 118 cm³/mol. The number of aryl methyl sites for hydroxylation is 1. The molecule has 3 aromatic carbocycles. The Morgan fingerprint density at radius 3 is 2.12 bits per heavy atom. The molecular weight excluding hydrogens is 477 g/mol. The van der Waals surface area contributed by atoms with E-state index in [1.54, 1.807) is 24.3 Å². The summed E-state index contributed by atoms with van der Waals surface area (Å²) in [5, 5.41) is 0. The second-order valence-corrected chi connectivity index (χ2v) is 11.0. The summed E-state index contributed by atoms with van der Waals surface area (Å²) in [6.45, 7) is 0.235. The van der Waals surface area contributed by atoms with E-state index < -0.39 is 31.8 Å². The summed E-state index contributed by atoms with van der Waals surface area (Å²) in [5.74, 6) is 0. The van der Waals surface area contributed by atoms with Crippen molar-refractivity contribution in [1.82, 2.24) is 0 Å². The van der Waals surface area contributed by atoms with Gasteiger partial charge >= 0.3 is 6.18 Å². The molecule has 0 fully saturated rings. The zero-order valence-electron chi connectivity index (χ0n) is 17.1. The third-order valence-electron chi connectivity index (χ3n) is 5.24. The standard InChI is InChI=1S/C22H19F3N2O4S2/c23-22(24,25)17-9-12-19(13-10-17)32(28,29)26-18-11-8-16-5-4-14-27(21(16)15-18)33(30,31)20-6-2-1-3-7-20/h1-3,6-13,15,26H,4-5,14H2. The van der Waals surface area contributed by atoms with Crippen LogP contribution in [0.3, 0.4) is 0 Å². The Hall–Kier alpha value is -3.05. The van der Waals surface area contributed by atoms with Crippen molar-refractivity contribution in [3.63, 3.8) is 0 Å². The molecule has 1 heterocycles. The molecule has 0 bridgehead atoms. The number of benzene rings is 3. The molecule has 1 aliphatic rings. The molecule has 3 aromatic rings. The van der Waals surface area contributed by atoms with Gasteiger partial charge in [-0.1, -0.05) is 24.3 Å². The van der Waals surface area contributed by atoms with Crippen molar-refractivity contribution in [3.05, 3.63) is 83.9 Å². The van der Waals surface area contributed by atoms with Crippen LogP contribution in [-0.2, 0) is 32.6 Å². The molecule has 1 aliphatic heterocycles. The van der Waals surface area contributed by atoms with Crippen LogP contribution in [0, 0.1) is 0 Å². The highest BCUT2D eigenvalue weighted by atomic mass is 32.2. The minimum atomic E-state index is -4.58. The van der Waals surface area contributed by atoms with Gasteiger partial charge in [0.25, 0.3) is 20.0 Å². The fourth-order valence-electron chi connectivity index (χ4n) is 3.61. The highest BCUT2D eigenvalue weighted by Gasteiger charge is 2.31. The number of halogens is 3. The monoisotopic (exact) mass is 496 g/mol. The van der Waals surface area contributed by atoms with Gasteiger partial charge < -0.3 is 0 Å². The number of nitrogens with one attached hydrogen (secondary N) is 1. The molecule has 6 nitrogen and oxygen atoms in total. The Morgan fingerprint density at radius 1 is 0.818 bits per heavy atom. The Bertz CT molecular complexity index is 1370. The number of anilines is 2. The van der Waals surface area contributed by atoms with Crippen molar-refractivity contribution < 1.29 is 30.0 Å². The number of alkyl halides is 3. The molecule has 0 aliphatic carbocycles. The lowest BCUT2D eigenvalue weighted by Crippen LogP contribution is -2.35. The second kappa shape index (κ2) is 8.38. The SMILES string of the molecule is O=S(=O)(Nc1ccc2c(c1)N(S(=O)(=O)c1ccccc1)CCC2)c1ccc(C(F)(F)F)cc1. The third kappa shape index (κ3) is 4.69. The Labute approximate surface area is 189 Å². The molecule has 174 valence electrons. The molecule has 0 atom stereocenters. The van der Waals surface area contributed by atoms with E-state index in [9.17, 15) is 30.0 Å². The van der Waals surface area contributed by atoms with E-state index in [1.165, 1.54) is 28.6 Å². The quantitative estimate of drug-likeness (QED) is 0.558. The first-order chi connectivity index (χ1) is 15.5. The lowest BCUT2D eigenvalue weighted by Gasteiger charge is -2.31. The van der Waals surface area contributed by atoms with Crippen LogP contribution in [0.15, 0.2) is 82.6 Å². The van der Waals surface area contributed by atoms with Gasteiger partial charge in [-0.05, 0) is 66.9 Å². The summed E-state index contributed by atoms with van der Waals surface area (Å²) < 4.78 is 93.6. The van der Waals surface area contributed by atoms with Gasteiger partial charge in [0, 0.05) is 6.54 Å². The van der Waals surface area contributed by atoms with Crippen molar-refractivity contribution in [2.24, 2.45) is 0 Å². The third-order valence-corrected chi connectivity index (χ3v) is 8.46. The summed E-state index contributed by atoms with van der Waals surface area (Å²) in [6, 6.07) is 15.6. The van der Waals surface area contributed by atoms with E-state index in [-0.39, 0.29) is 22.0 Å². The summed E-state index contributed by atoms with van der Waals surface area (Å²) in [6.07, 6.45) is -3.35. The van der Waals surface area contributed by atoms with E-state index >= 15 is 0 Å². The van der Waals surface area contributed by atoms with Crippen LogP contribution in [0.4, 0.5) is 24.5 Å². The maximum absolute atomic E-state index is 13.2. The molecule has 0 spiro atoms. The first-order valence-corrected chi connectivity index (χ1v) is 12.8. The van der Waals surface area contributed by atoms with Gasteiger partial charge in [0.1, 0.15) is 0 Å². The summed E-state index contributed by atoms with van der Waals surface area (Å²) >= 11 is 0. The molecule has 0 saturated heterocycles. The summed E-state index contributed by atoms with van der Waals surface area (Å²) in [4.78, 5) is -0.226. The maximum atomic E-state index is 13.2. The van der Waals surface area contributed by atoms with Gasteiger partial charge in [0.15, 0.2) is 0 Å². The van der Waals surface area contributed by atoms with Crippen LogP contribution in [0.25, 0.3) is 0 Å². The fraction of sp³-hybridized carbons (Fsp3) is 0.182. The average molecular weight is 497 g/mol. The molecule has 4 rings (SSSR count). The molecule has 0 amide bonds. The van der Waals surface area contributed by atoms with Crippen molar-refractivity contribution in [2.45, 2.75) is 28.8 Å². The van der Waals surface area contributed by atoms with Gasteiger partial charge in [-0.25, -0.2) is 16.8 Å². The van der Waals surface area contributed by atoms with Gasteiger partial charge in [-0.15, -0.1) is 0 Å². The van der Waals surface area contributed by atoms with Crippen LogP contribution in [0.1, 0.15) is 17.5 Å². The van der Waals surface area contributed by atoms with Crippen molar-refractivity contribution >= 4 is 31.4 Å². The van der Waals surface area contributed by atoms with E-state index in [2.05, 4.69) is 4.72 Å². The van der Waals surface area contributed by atoms with Crippen LogP contribution in [0.2, 0.25) is 0 Å². The van der Waals surface area contributed by atoms with Gasteiger partial charge in [0.2, 0.25) is 0 Å². The predicted octanol–water partition coefficient (Wildman–Crippen LogP) is 4.65. The lowest BCUT2D eigenvalue weighted by atomic mass is 10.0. The van der Waals surface area contributed by atoms with Crippen molar-refractivity contribution in [2.75, 3.05) is 15.6 Å². The second-order valence-electron chi connectivity index (χ2n) is 7.46. The maximum Gasteiger partial charge on any atom is 0.416 e. The largest absolute Gasteiger partial charge is 0.416 e. The number of nitrogens with zero attached hydrogens (tertiary/aromatic N) is 1. The number of hydrogen-bond donors (Lipinski definition) is 1. The Morgan fingerprint density at radius 2 is 1.48 bits per heavy atom. The molecule has 1 N–H and O–H groups in total. The first-order valence-electron chi connectivity index (χ1n) is 9.89. The molecule has 33 heavy (non-hydrogen) atoms. The van der Waals surface area contributed by atoms with E-state index in [1.807, 2.05) is 0 Å². The molecule has 0 unspecified atom stereocenters. The number of hydrogen-bond acceptors (Lipinski definition) is 4. The average Bonchev–Trinajstić information content (AvgIpc) is 2.78. The van der Waals surface area contributed by atoms with Gasteiger partial charge in [-0.2, -0.15) is 13.2 Å². The first kappa shape index (κ1) is 23.1. The molecular formula is C22H19F3N2O4S2. The molecule has 11 heteroatoms. The van der Waals surface area contributed by atoms with Crippen molar-refractivity contribution in [1.29, 1.82) is 0 Å². The smallest absolute Gasteiger partial charge is 0.280 e. The number of rotatable bonds is 5. The van der Waals surface area contributed by atoms with Crippen molar-refractivity contribution in [3.8, 4) is 0 Å². The highest BCUT2D eigenvalue weighted by Crippen LogP contribution is 2.35. The highest BCUT2D eigenvalue weighted by molar-refractivity contribution is 7.93. The van der Waals surface area contributed by atoms with Crippen LogP contribution in [0.5, 0.6) is 0 Å². The summed E-state index contributed by atoms with van der Waals surface area (Å²) in [5.41, 5.74) is 0.247. The minimum absolute atomic E-state index is 0.101. The van der Waals surface area contributed by atoms with Gasteiger partial charge in [-0.3, -0.25) is 9.03 Å². The number of fused-ring (bicyclic) bond motifs is 1.